The molecular formula is C13H26O4. The van der Waals surface area contributed by atoms with Gasteiger partial charge in [0.05, 0.1) is 6.61 Å². The molecule has 0 heterocycles. The fraction of sp³-hybridized carbons (Fsp3) is 0.923. The lowest BCUT2D eigenvalue weighted by atomic mass is 9.94. The minimum atomic E-state index is -1.13. The number of carbonyl (C=O) groups excluding carboxylic acids is 1. The van der Waals surface area contributed by atoms with E-state index in [1.54, 1.807) is 0 Å². The standard InChI is InChI=1S/C13H26O4/c1-9(14)10(15)17-11(13(5,6)7)16-8-12(2,3)4/h9,11,14H,8H2,1-7H3. The van der Waals surface area contributed by atoms with E-state index in [0.29, 0.717) is 6.61 Å². The van der Waals surface area contributed by atoms with Gasteiger partial charge in [-0.1, -0.05) is 41.5 Å². The average molecular weight is 246 g/mol. The van der Waals surface area contributed by atoms with E-state index in [-0.39, 0.29) is 10.8 Å². The number of hydrogen-bond acceptors (Lipinski definition) is 4. The van der Waals surface area contributed by atoms with E-state index in [1.165, 1.54) is 6.92 Å². The maximum Gasteiger partial charge on any atom is 0.336 e. The maximum atomic E-state index is 11.4. The maximum absolute atomic E-state index is 11.4. The van der Waals surface area contributed by atoms with E-state index in [0.717, 1.165) is 0 Å². The second kappa shape index (κ2) is 5.83. The molecule has 0 fully saturated rings. The molecule has 0 aromatic rings. The van der Waals surface area contributed by atoms with E-state index in [2.05, 4.69) is 0 Å². The summed E-state index contributed by atoms with van der Waals surface area (Å²) in [6.07, 6.45) is -1.78. The van der Waals surface area contributed by atoms with Crippen molar-refractivity contribution >= 4 is 5.97 Å². The van der Waals surface area contributed by atoms with E-state index in [4.69, 9.17) is 14.6 Å². The zero-order chi connectivity index (χ0) is 13.9. The van der Waals surface area contributed by atoms with Crippen LogP contribution in [0.2, 0.25) is 0 Å². The summed E-state index contributed by atoms with van der Waals surface area (Å²) in [5.41, 5.74) is -0.323. The van der Waals surface area contributed by atoms with Gasteiger partial charge in [-0.3, -0.25) is 0 Å². The van der Waals surface area contributed by atoms with Crippen LogP contribution in [-0.2, 0) is 14.3 Å². The van der Waals surface area contributed by atoms with Crippen LogP contribution < -0.4 is 0 Å². The quantitative estimate of drug-likeness (QED) is 0.611. The lowest BCUT2D eigenvalue weighted by molar-refractivity contribution is -0.216. The highest BCUT2D eigenvalue weighted by atomic mass is 16.7. The number of carbonyl (C=O) groups is 1. The zero-order valence-electron chi connectivity index (χ0n) is 12.0. The monoisotopic (exact) mass is 246 g/mol. The van der Waals surface area contributed by atoms with Crippen molar-refractivity contribution in [3.8, 4) is 0 Å². The molecule has 0 saturated heterocycles. The molecule has 102 valence electrons. The van der Waals surface area contributed by atoms with Crippen molar-refractivity contribution in [1.82, 2.24) is 0 Å². The minimum Gasteiger partial charge on any atom is -0.433 e. The van der Waals surface area contributed by atoms with Gasteiger partial charge >= 0.3 is 5.97 Å². The summed E-state index contributed by atoms with van der Waals surface area (Å²) >= 11 is 0. The third kappa shape index (κ3) is 7.34. The van der Waals surface area contributed by atoms with E-state index >= 15 is 0 Å². The van der Waals surface area contributed by atoms with Crippen molar-refractivity contribution in [2.75, 3.05) is 6.61 Å². The van der Waals surface area contributed by atoms with Gasteiger partial charge in [-0.25, -0.2) is 4.79 Å². The summed E-state index contributed by atoms with van der Waals surface area (Å²) in [5, 5.41) is 9.13. The molecule has 0 amide bonds. The topological polar surface area (TPSA) is 55.8 Å². The summed E-state index contributed by atoms with van der Waals surface area (Å²) in [5.74, 6) is -0.654. The minimum absolute atomic E-state index is 0.000732. The molecule has 4 heteroatoms. The summed E-state index contributed by atoms with van der Waals surface area (Å²) in [4.78, 5) is 11.4. The Hall–Kier alpha value is -0.610. The molecule has 1 N–H and O–H groups in total. The Labute approximate surface area is 104 Å². The van der Waals surface area contributed by atoms with Crippen molar-refractivity contribution < 1.29 is 19.4 Å². The highest BCUT2D eigenvalue weighted by Crippen LogP contribution is 2.26. The molecule has 17 heavy (non-hydrogen) atoms. The third-order valence-corrected chi connectivity index (χ3v) is 1.94. The molecule has 0 aromatic heterocycles. The molecule has 2 unspecified atom stereocenters. The molecule has 0 aliphatic rings. The number of rotatable bonds is 4. The SMILES string of the molecule is CC(O)C(=O)OC(OCC(C)(C)C)C(C)(C)C. The lowest BCUT2D eigenvalue weighted by Crippen LogP contribution is -2.38. The molecule has 0 radical (unpaired) electrons. The number of esters is 1. The Bertz CT molecular complexity index is 245. The van der Waals surface area contributed by atoms with Crippen LogP contribution >= 0.6 is 0 Å². The first kappa shape index (κ1) is 16.4. The summed E-state index contributed by atoms with van der Waals surface area (Å²) < 4.78 is 10.8. The molecule has 0 aliphatic carbocycles. The fourth-order valence-corrected chi connectivity index (χ4v) is 0.990. The number of aliphatic hydroxyl groups is 1. The van der Waals surface area contributed by atoms with Crippen LogP contribution in [-0.4, -0.2) is 30.1 Å². The second-order valence-electron chi connectivity index (χ2n) is 6.68. The first-order chi connectivity index (χ1) is 7.43. The van der Waals surface area contributed by atoms with E-state index in [9.17, 15) is 4.79 Å². The fourth-order valence-electron chi connectivity index (χ4n) is 0.990. The highest BCUT2D eigenvalue weighted by Gasteiger charge is 2.31. The van der Waals surface area contributed by atoms with Crippen LogP contribution in [0.1, 0.15) is 48.5 Å². The molecule has 4 nitrogen and oxygen atoms in total. The third-order valence-electron chi connectivity index (χ3n) is 1.94. The van der Waals surface area contributed by atoms with Crippen LogP contribution in [0, 0.1) is 10.8 Å². The predicted octanol–water partition coefficient (Wildman–Crippen LogP) is 2.35. The molecule has 0 aromatic carbocycles. The van der Waals surface area contributed by atoms with Gasteiger partial charge in [-0.05, 0) is 12.3 Å². The summed E-state index contributed by atoms with van der Waals surface area (Å²) in [7, 11) is 0. The summed E-state index contributed by atoms with van der Waals surface area (Å²) in [6, 6.07) is 0. The largest absolute Gasteiger partial charge is 0.433 e. The van der Waals surface area contributed by atoms with Gasteiger partial charge < -0.3 is 14.6 Å². The molecule has 0 saturated carbocycles. The van der Waals surface area contributed by atoms with E-state index < -0.39 is 18.4 Å². The Morgan fingerprint density at radius 3 is 1.94 bits per heavy atom. The van der Waals surface area contributed by atoms with Gasteiger partial charge in [0.1, 0.15) is 6.10 Å². The van der Waals surface area contributed by atoms with E-state index in [1.807, 2.05) is 41.5 Å². The van der Waals surface area contributed by atoms with Gasteiger partial charge in [-0.15, -0.1) is 0 Å². The van der Waals surface area contributed by atoms with Gasteiger partial charge in [0, 0.05) is 5.41 Å². The second-order valence-corrected chi connectivity index (χ2v) is 6.68. The highest BCUT2D eigenvalue weighted by molar-refractivity contribution is 5.73. The van der Waals surface area contributed by atoms with Crippen molar-refractivity contribution in [2.24, 2.45) is 10.8 Å². The molecule has 0 spiro atoms. The van der Waals surface area contributed by atoms with Crippen LogP contribution in [0.5, 0.6) is 0 Å². The number of hydrogen-bond donors (Lipinski definition) is 1. The first-order valence-corrected chi connectivity index (χ1v) is 5.93. The van der Waals surface area contributed by atoms with Gasteiger partial charge in [0.15, 0.2) is 0 Å². The summed E-state index contributed by atoms with van der Waals surface area (Å²) in [6.45, 7) is 13.8. The van der Waals surface area contributed by atoms with Gasteiger partial charge in [-0.2, -0.15) is 0 Å². The van der Waals surface area contributed by atoms with Crippen molar-refractivity contribution in [3.63, 3.8) is 0 Å². The molecule has 0 aliphatic heterocycles. The average Bonchev–Trinajstić information content (AvgIpc) is 2.07. The Kier molecular flexibility index (Phi) is 5.62. The van der Waals surface area contributed by atoms with Crippen LogP contribution in [0.25, 0.3) is 0 Å². The van der Waals surface area contributed by atoms with Crippen LogP contribution in [0.4, 0.5) is 0 Å². The first-order valence-electron chi connectivity index (χ1n) is 5.93. The Morgan fingerprint density at radius 2 is 1.65 bits per heavy atom. The molecular weight excluding hydrogens is 220 g/mol. The Morgan fingerprint density at radius 1 is 1.18 bits per heavy atom. The number of ether oxygens (including phenoxy) is 2. The smallest absolute Gasteiger partial charge is 0.336 e. The molecule has 0 rings (SSSR count). The van der Waals surface area contributed by atoms with Crippen molar-refractivity contribution in [3.05, 3.63) is 0 Å². The lowest BCUT2D eigenvalue weighted by Gasteiger charge is -2.32. The normalized spacial score (nSPS) is 16.5. The van der Waals surface area contributed by atoms with Gasteiger partial charge in [0.2, 0.25) is 6.29 Å². The Balaban J connectivity index is 4.52. The predicted molar refractivity (Wildman–Crippen MR) is 66.4 cm³/mol. The van der Waals surface area contributed by atoms with Crippen LogP contribution in [0.15, 0.2) is 0 Å². The van der Waals surface area contributed by atoms with Crippen LogP contribution in [0.3, 0.4) is 0 Å². The molecule has 2 atom stereocenters. The van der Waals surface area contributed by atoms with Gasteiger partial charge in [0.25, 0.3) is 0 Å². The zero-order valence-corrected chi connectivity index (χ0v) is 12.0. The van der Waals surface area contributed by atoms with Crippen molar-refractivity contribution in [1.29, 1.82) is 0 Å². The molecule has 0 bridgehead atoms. The number of aliphatic hydroxyl groups excluding tert-OH is 1. The van der Waals surface area contributed by atoms with Crippen molar-refractivity contribution in [2.45, 2.75) is 60.9 Å².